The molecule has 0 N–H and O–H groups in total. The smallest absolute Gasteiger partial charge is 0.291 e. The summed E-state index contributed by atoms with van der Waals surface area (Å²) in [5.74, 6) is 1.02. The number of amides is 1. The first-order chi connectivity index (χ1) is 13.3. The van der Waals surface area contributed by atoms with Gasteiger partial charge in [-0.1, -0.05) is 25.0 Å². The molecule has 1 aromatic carbocycles. The molecule has 2 fully saturated rings. The molecule has 0 aliphatic carbocycles. The van der Waals surface area contributed by atoms with Gasteiger partial charge in [-0.2, -0.15) is 0 Å². The van der Waals surface area contributed by atoms with Crippen molar-refractivity contribution in [3.63, 3.8) is 0 Å². The molecule has 5 rings (SSSR count). The summed E-state index contributed by atoms with van der Waals surface area (Å²) in [4.78, 5) is 26.6. The molecule has 2 aliphatic heterocycles. The Morgan fingerprint density at radius 3 is 2.37 bits per heavy atom. The van der Waals surface area contributed by atoms with E-state index in [4.69, 9.17) is 9.40 Å². The fourth-order valence-corrected chi connectivity index (χ4v) is 4.23. The van der Waals surface area contributed by atoms with Crippen LogP contribution in [-0.4, -0.2) is 47.0 Å². The predicted molar refractivity (Wildman–Crippen MR) is 105 cm³/mol. The van der Waals surface area contributed by atoms with Crippen molar-refractivity contribution < 1.29 is 9.21 Å². The molecule has 140 valence electrons. The van der Waals surface area contributed by atoms with E-state index in [1.54, 1.807) is 0 Å². The lowest BCUT2D eigenvalue weighted by molar-refractivity contribution is 0.0781. The van der Waals surface area contributed by atoms with Gasteiger partial charge in [-0.05, 0) is 37.8 Å². The van der Waals surface area contributed by atoms with E-state index in [9.17, 15) is 4.79 Å². The van der Waals surface area contributed by atoms with Crippen molar-refractivity contribution in [2.24, 2.45) is 0 Å². The molecule has 0 saturated carbocycles. The van der Waals surface area contributed by atoms with Crippen LogP contribution < -0.4 is 4.90 Å². The third kappa shape index (κ3) is 2.93. The number of nitrogens with zero attached hydrogens (tertiary/aromatic N) is 4. The van der Waals surface area contributed by atoms with E-state index in [2.05, 4.69) is 9.88 Å². The number of furan rings is 1. The zero-order valence-corrected chi connectivity index (χ0v) is 15.5. The standard InChI is InChI=1S/C21H24N4O2/c26-21(25-13-7-8-14-25)19-22-17-15-9-3-4-10-16(15)27-18(17)20(23-19)24-11-5-1-2-6-12-24/h3-4,9-10H,1-2,5-8,11-14H2. The number of carbonyl (C=O) groups excluding carboxylic acids is 1. The van der Waals surface area contributed by atoms with Gasteiger partial charge in [0.1, 0.15) is 11.1 Å². The van der Waals surface area contributed by atoms with Gasteiger partial charge in [0.2, 0.25) is 5.82 Å². The molecule has 0 bridgehead atoms. The molecule has 2 aliphatic rings. The van der Waals surface area contributed by atoms with Crippen LogP contribution in [0.4, 0.5) is 5.82 Å². The molecule has 6 nitrogen and oxygen atoms in total. The Bertz CT molecular complexity index is 982. The predicted octanol–water partition coefficient (Wildman–Crippen LogP) is 3.99. The molecular formula is C21H24N4O2. The minimum atomic E-state index is -0.0595. The van der Waals surface area contributed by atoms with Crippen LogP contribution >= 0.6 is 0 Å². The molecule has 0 unspecified atom stereocenters. The maximum absolute atomic E-state index is 13.0. The Hall–Kier alpha value is -2.63. The van der Waals surface area contributed by atoms with E-state index in [-0.39, 0.29) is 5.91 Å². The van der Waals surface area contributed by atoms with Crippen LogP contribution in [0.3, 0.4) is 0 Å². The summed E-state index contributed by atoms with van der Waals surface area (Å²) in [7, 11) is 0. The molecule has 27 heavy (non-hydrogen) atoms. The first-order valence-corrected chi connectivity index (χ1v) is 10.0. The van der Waals surface area contributed by atoms with E-state index < -0.39 is 0 Å². The number of hydrogen-bond acceptors (Lipinski definition) is 5. The summed E-state index contributed by atoms with van der Waals surface area (Å²) >= 11 is 0. The van der Waals surface area contributed by atoms with Gasteiger partial charge < -0.3 is 14.2 Å². The van der Waals surface area contributed by atoms with E-state index in [1.165, 1.54) is 12.8 Å². The van der Waals surface area contributed by atoms with Crippen molar-refractivity contribution in [2.45, 2.75) is 38.5 Å². The maximum Gasteiger partial charge on any atom is 0.291 e. The van der Waals surface area contributed by atoms with Crippen molar-refractivity contribution in [2.75, 3.05) is 31.1 Å². The minimum Gasteiger partial charge on any atom is -0.450 e. The van der Waals surface area contributed by atoms with Crippen LogP contribution in [0, 0.1) is 0 Å². The number of rotatable bonds is 2. The van der Waals surface area contributed by atoms with Crippen molar-refractivity contribution in [3.8, 4) is 0 Å². The van der Waals surface area contributed by atoms with Crippen LogP contribution in [0.1, 0.15) is 49.1 Å². The van der Waals surface area contributed by atoms with Crippen molar-refractivity contribution in [1.29, 1.82) is 0 Å². The third-order valence-electron chi connectivity index (χ3n) is 5.69. The lowest BCUT2D eigenvalue weighted by Gasteiger charge is -2.22. The molecule has 0 spiro atoms. The highest BCUT2D eigenvalue weighted by Gasteiger charge is 2.27. The van der Waals surface area contributed by atoms with E-state index in [1.807, 2.05) is 29.2 Å². The Kier molecular flexibility index (Phi) is 4.19. The average Bonchev–Trinajstić information content (AvgIpc) is 3.28. The van der Waals surface area contributed by atoms with Crippen LogP contribution in [0.25, 0.3) is 22.1 Å². The first kappa shape index (κ1) is 16.5. The highest BCUT2D eigenvalue weighted by atomic mass is 16.3. The van der Waals surface area contributed by atoms with E-state index >= 15 is 0 Å². The molecule has 2 aromatic heterocycles. The normalized spacial score (nSPS) is 18.4. The monoisotopic (exact) mass is 364 g/mol. The summed E-state index contributed by atoms with van der Waals surface area (Å²) in [5.41, 5.74) is 2.25. The number of likely N-dealkylation sites (tertiary alicyclic amines) is 1. The summed E-state index contributed by atoms with van der Waals surface area (Å²) in [6, 6.07) is 7.89. The largest absolute Gasteiger partial charge is 0.450 e. The fourth-order valence-electron chi connectivity index (χ4n) is 4.23. The van der Waals surface area contributed by atoms with Gasteiger partial charge in [-0.25, -0.2) is 9.97 Å². The molecule has 4 heterocycles. The summed E-state index contributed by atoms with van der Waals surface area (Å²) in [6.07, 6.45) is 6.88. The van der Waals surface area contributed by atoms with Gasteiger partial charge >= 0.3 is 0 Å². The second-order valence-electron chi connectivity index (χ2n) is 7.55. The van der Waals surface area contributed by atoms with Crippen molar-refractivity contribution in [3.05, 3.63) is 30.1 Å². The quantitative estimate of drug-likeness (QED) is 0.688. The fraction of sp³-hybridized carbons (Fsp3) is 0.476. The van der Waals surface area contributed by atoms with E-state index in [0.717, 1.165) is 74.2 Å². The number of aromatic nitrogens is 2. The third-order valence-corrected chi connectivity index (χ3v) is 5.69. The number of benzene rings is 1. The highest BCUT2D eigenvalue weighted by molar-refractivity contribution is 6.07. The highest BCUT2D eigenvalue weighted by Crippen LogP contribution is 2.34. The van der Waals surface area contributed by atoms with Crippen LogP contribution in [-0.2, 0) is 0 Å². The number of anilines is 1. The topological polar surface area (TPSA) is 62.5 Å². The lowest BCUT2D eigenvalue weighted by Crippen LogP contribution is -2.31. The zero-order valence-electron chi connectivity index (χ0n) is 15.5. The lowest BCUT2D eigenvalue weighted by atomic mass is 10.2. The molecule has 1 amide bonds. The second kappa shape index (κ2) is 6.83. The molecule has 0 atom stereocenters. The van der Waals surface area contributed by atoms with E-state index in [0.29, 0.717) is 11.4 Å². The molecule has 0 radical (unpaired) electrons. The first-order valence-electron chi connectivity index (χ1n) is 10.0. The van der Waals surface area contributed by atoms with Crippen LogP contribution in [0.15, 0.2) is 28.7 Å². The Balaban J connectivity index is 1.68. The minimum absolute atomic E-state index is 0.0595. The maximum atomic E-state index is 13.0. The number of para-hydroxylation sites is 1. The molecule has 2 saturated heterocycles. The van der Waals surface area contributed by atoms with Crippen molar-refractivity contribution in [1.82, 2.24) is 14.9 Å². The molecule has 3 aromatic rings. The number of hydrogen-bond donors (Lipinski definition) is 0. The van der Waals surface area contributed by atoms with Gasteiger partial charge in [0.05, 0.1) is 0 Å². The van der Waals surface area contributed by atoms with Gasteiger partial charge in [-0.15, -0.1) is 0 Å². The number of carbonyl (C=O) groups is 1. The average molecular weight is 364 g/mol. The summed E-state index contributed by atoms with van der Waals surface area (Å²) in [6.45, 7) is 3.48. The van der Waals surface area contributed by atoms with Gasteiger partial charge in [0.25, 0.3) is 5.91 Å². The molecular weight excluding hydrogens is 340 g/mol. The Morgan fingerprint density at radius 2 is 1.59 bits per heavy atom. The summed E-state index contributed by atoms with van der Waals surface area (Å²) in [5, 5.41) is 0.946. The van der Waals surface area contributed by atoms with Gasteiger partial charge in [-0.3, -0.25) is 4.79 Å². The Morgan fingerprint density at radius 1 is 0.889 bits per heavy atom. The van der Waals surface area contributed by atoms with Crippen LogP contribution in [0.5, 0.6) is 0 Å². The SMILES string of the molecule is O=C(c1nc(N2CCCCCC2)c2oc3ccccc3c2n1)N1CCCC1. The van der Waals surface area contributed by atoms with Gasteiger partial charge in [0.15, 0.2) is 11.4 Å². The van der Waals surface area contributed by atoms with Gasteiger partial charge in [0, 0.05) is 31.6 Å². The molecule has 6 heteroatoms. The number of fused-ring (bicyclic) bond motifs is 3. The summed E-state index contributed by atoms with van der Waals surface area (Å²) < 4.78 is 6.15. The Labute approximate surface area is 158 Å². The van der Waals surface area contributed by atoms with Crippen molar-refractivity contribution >= 4 is 33.8 Å². The zero-order chi connectivity index (χ0) is 18.2. The second-order valence-corrected chi connectivity index (χ2v) is 7.55. The van der Waals surface area contributed by atoms with Crippen LogP contribution in [0.2, 0.25) is 0 Å².